The summed E-state index contributed by atoms with van der Waals surface area (Å²) in [6.45, 7) is 19.4. The first-order valence-corrected chi connectivity index (χ1v) is 14.4. The molecule has 0 atom stereocenters. The number of carbonyl (C=O) groups is 1. The summed E-state index contributed by atoms with van der Waals surface area (Å²) in [5.74, 6) is 1.30. The molecule has 0 saturated carbocycles. The molecule has 3 aromatic carbocycles. The fourth-order valence-corrected chi connectivity index (χ4v) is 7.19. The monoisotopic (exact) mass is 538 g/mol. The van der Waals surface area contributed by atoms with E-state index in [2.05, 4.69) is 0 Å². The summed E-state index contributed by atoms with van der Waals surface area (Å²) in [5.41, 5.74) is -1.55. The number of hydrogen-bond acceptors (Lipinski definition) is 5. The van der Waals surface area contributed by atoms with Crippen molar-refractivity contribution in [3.8, 4) is 17.2 Å². The van der Waals surface area contributed by atoms with Crippen LogP contribution in [0.15, 0.2) is 87.5 Å². The summed E-state index contributed by atoms with van der Waals surface area (Å²) in [7, 11) is -2.65. The smallest absolute Gasteiger partial charge is 0.313 e. The lowest BCUT2D eigenvalue weighted by Gasteiger charge is -2.42. The first-order valence-electron chi connectivity index (χ1n) is 12.9. The van der Waals surface area contributed by atoms with Crippen molar-refractivity contribution in [3.05, 3.63) is 72.8 Å². The van der Waals surface area contributed by atoms with Gasteiger partial charge in [0.1, 0.15) is 38.9 Å². The van der Waals surface area contributed by atoms with Crippen LogP contribution >= 0.6 is 10.3 Å². The van der Waals surface area contributed by atoms with E-state index in [4.69, 9.17) is 18.4 Å². The van der Waals surface area contributed by atoms with Crippen LogP contribution in [0.3, 0.4) is 0 Å². The second-order valence-electron chi connectivity index (χ2n) is 12.1. The Morgan fingerprint density at radius 1 is 0.605 bits per heavy atom. The average molecular weight is 539 g/mol. The number of ether oxygens (including phenoxy) is 3. The number of benzene rings is 3. The van der Waals surface area contributed by atoms with E-state index in [1.807, 2.05) is 135 Å². The lowest BCUT2D eigenvalue weighted by molar-refractivity contribution is -0.131. The highest BCUT2D eigenvalue weighted by Crippen LogP contribution is 2.74. The normalized spacial score (nSPS) is 13.0. The molecule has 6 heteroatoms. The third-order valence-corrected chi connectivity index (χ3v) is 8.26. The van der Waals surface area contributed by atoms with E-state index < -0.39 is 33.1 Å². The van der Waals surface area contributed by atoms with Crippen LogP contribution in [0.25, 0.3) is 0 Å². The quantitative estimate of drug-likeness (QED) is 0.300. The molecule has 0 fully saturated rings. The van der Waals surface area contributed by atoms with Gasteiger partial charge in [-0.25, -0.2) is 0 Å². The van der Waals surface area contributed by atoms with Gasteiger partial charge in [0.2, 0.25) is 0 Å². The first-order chi connectivity index (χ1) is 17.5. The molecular formula is C32H42O5S. The Bertz CT molecular complexity index is 1160. The molecule has 0 aliphatic carbocycles. The van der Waals surface area contributed by atoms with Crippen LogP contribution < -0.4 is 14.2 Å². The topological polar surface area (TPSA) is 54.0 Å². The van der Waals surface area contributed by atoms with Gasteiger partial charge in [-0.1, -0.05) is 36.4 Å². The highest BCUT2D eigenvalue weighted by Gasteiger charge is 2.42. The van der Waals surface area contributed by atoms with Gasteiger partial charge in [-0.05, 0) is 86.6 Å². The summed E-state index contributed by atoms with van der Waals surface area (Å²) in [5, 5.41) is 0. The molecule has 206 valence electrons. The SMILES string of the molecule is CC(=O)OS(c1ccccc1)(c1ccccc1)c1c(OC(C)(C)C)cc(OC(C)(C)C)cc1OC(C)(C)C. The molecule has 0 heterocycles. The number of carbonyl (C=O) groups excluding carboxylic acids is 1. The minimum absolute atomic E-state index is 0.397. The standard InChI is InChI=1S/C32H42O5S/c1-23(33)37-38(25-17-13-11-14-18-25,26-19-15-12-16-20-26)29-27(35-31(5,6)7)21-24(34-30(2,3)4)22-28(29)36-32(8,9)10/h11-22H,1-10H3. The molecule has 0 unspecified atom stereocenters. The van der Waals surface area contributed by atoms with Crippen molar-refractivity contribution in [2.45, 2.75) is 101 Å². The maximum absolute atomic E-state index is 12.9. The Morgan fingerprint density at radius 3 is 1.29 bits per heavy atom. The Kier molecular flexibility index (Phi) is 8.47. The van der Waals surface area contributed by atoms with Gasteiger partial charge in [-0.3, -0.25) is 4.79 Å². The van der Waals surface area contributed by atoms with E-state index in [-0.39, 0.29) is 0 Å². The molecule has 38 heavy (non-hydrogen) atoms. The van der Waals surface area contributed by atoms with Gasteiger partial charge in [-0.2, -0.15) is 0 Å². The molecule has 0 saturated heterocycles. The van der Waals surface area contributed by atoms with Crippen LogP contribution in [0, 0.1) is 0 Å². The van der Waals surface area contributed by atoms with Crippen molar-refractivity contribution in [2.24, 2.45) is 0 Å². The fraction of sp³-hybridized carbons (Fsp3) is 0.406. The Labute approximate surface area is 230 Å². The molecular weight excluding hydrogens is 496 g/mol. The van der Waals surface area contributed by atoms with Gasteiger partial charge in [0.15, 0.2) is 0 Å². The summed E-state index contributed by atoms with van der Waals surface area (Å²) in [4.78, 5) is 15.3. The molecule has 0 aliphatic heterocycles. The van der Waals surface area contributed by atoms with E-state index in [9.17, 15) is 4.79 Å². The van der Waals surface area contributed by atoms with Crippen molar-refractivity contribution in [3.63, 3.8) is 0 Å². The van der Waals surface area contributed by atoms with Gasteiger partial charge >= 0.3 is 5.97 Å². The van der Waals surface area contributed by atoms with Crippen molar-refractivity contribution in [2.75, 3.05) is 0 Å². The minimum Gasteiger partial charge on any atom is -0.488 e. The van der Waals surface area contributed by atoms with Crippen LogP contribution in [-0.2, 0) is 8.98 Å². The van der Waals surface area contributed by atoms with Crippen molar-refractivity contribution in [1.82, 2.24) is 0 Å². The van der Waals surface area contributed by atoms with Gasteiger partial charge in [-0.15, -0.1) is 0 Å². The molecule has 0 amide bonds. The average Bonchev–Trinajstić information content (AvgIpc) is 2.75. The summed E-state index contributed by atoms with van der Waals surface area (Å²) in [6, 6.07) is 23.5. The number of hydrogen-bond donors (Lipinski definition) is 0. The Hall–Kier alpha value is -3.12. The van der Waals surface area contributed by atoms with Gasteiger partial charge < -0.3 is 18.4 Å². The van der Waals surface area contributed by atoms with Crippen molar-refractivity contribution in [1.29, 1.82) is 0 Å². The predicted octanol–water partition coefficient (Wildman–Crippen LogP) is 8.98. The van der Waals surface area contributed by atoms with Crippen LogP contribution in [0.1, 0.15) is 69.2 Å². The molecule has 0 aromatic heterocycles. The zero-order chi connectivity index (χ0) is 28.4. The van der Waals surface area contributed by atoms with Gasteiger partial charge in [0.25, 0.3) is 0 Å². The van der Waals surface area contributed by atoms with Crippen LogP contribution in [-0.4, -0.2) is 22.8 Å². The second-order valence-corrected chi connectivity index (χ2v) is 14.8. The molecule has 0 radical (unpaired) electrons. The van der Waals surface area contributed by atoms with E-state index in [1.165, 1.54) is 6.92 Å². The van der Waals surface area contributed by atoms with E-state index >= 15 is 0 Å². The molecule has 0 spiro atoms. The van der Waals surface area contributed by atoms with E-state index in [1.54, 1.807) is 0 Å². The molecule has 0 N–H and O–H groups in total. The lowest BCUT2D eigenvalue weighted by Crippen LogP contribution is -2.28. The highest BCUT2D eigenvalue weighted by molar-refractivity contribution is 8.30. The van der Waals surface area contributed by atoms with Crippen molar-refractivity contribution >= 4 is 16.3 Å². The van der Waals surface area contributed by atoms with Crippen LogP contribution in [0.5, 0.6) is 17.2 Å². The first kappa shape index (κ1) is 29.4. The lowest BCUT2D eigenvalue weighted by atomic mass is 10.1. The third-order valence-electron chi connectivity index (χ3n) is 4.93. The molecule has 0 bridgehead atoms. The third kappa shape index (κ3) is 7.47. The summed E-state index contributed by atoms with van der Waals surface area (Å²) < 4.78 is 26.1. The van der Waals surface area contributed by atoms with Crippen LogP contribution in [0.2, 0.25) is 0 Å². The van der Waals surface area contributed by atoms with Crippen molar-refractivity contribution < 1.29 is 23.2 Å². The van der Waals surface area contributed by atoms with Crippen LogP contribution in [0.4, 0.5) is 0 Å². The maximum atomic E-state index is 12.9. The predicted molar refractivity (Wildman–Crippen MR) is 155 cm³/mol. The molecule has 3 rings (SSSR count). The summed E-state index contributed by atoms with van der Waals surface area (Å²) in [6.07, 6.45) is 0. The fourth-order valence-electron chi connectivity index (χ4n) is 3.97. The zero-order valence-corrected chi connectivity index (χ0v) is 25.2. The Balaban J connectivity index is 2.56. The second kappa shape index (κ2) is 10.9. The summed E-state index contributed by atoms with van der Waals surface area (Å²) >= 11 is 0. The minimum atomic E-state index is -2.65. The molecule has 0 aliphatic rings. The van der Waals surface area contributed by atoms with E-state index in [0.717, 1.165) is 9.79 Å². The maximum Gasteiger partial charge on any atom is 0.313 e. The Morgan fingerprint density at radius 2 is 0.974 bits per heavy atom. The van der Waals surface area contributed by atoms with E-state index in [0.29, 0.717) is 22.1 Å². The zero-order valence-electron chi connectivity index (χ0n) is 24.4. The highest BCUT2D eigenvalue weighted by atomic mass is 32.3. The van der Waals surface area contributed by atoms with Gasteiger partial charge in [0, 0.05) is 39.2 Å². The molecule has 3 aromatic rings. The largest absolute Gasteiger partial charge is 0.488 e. The van der Waals surface area contributed by atoms with Gasteiger partial charge in [0.05, 0.1) is 0 Å². The number of rotatable bonds is 7. The molecule has 5 nitrogen and oxygen atoms in total.